The highest BCUT2D eigenvalue weighted by molar-refractivity contribution is 5.81. The molecule has 1 aromatic carbocycles. The second-order valence-corrected chi connectivity index (χ2v) is 6.92. The van der Waals surface area contributed by atoms with Gasteiger partial charge in [-0.25, -0.2) is 0 Å². The minimum absolute atomic E-state index is 0.183. The lowest BCUT2D eigenvalue weighted by molar-refractivity contribution is -0.133. The molecule has 4 heteroatoms. The van der Waals surface area contributed by atoms with Gasteiger partial charge in [-0.3, -0.25) is 4.79 Å². The first-order chi connectivity index (χ1) is 10.6. The molecule has 1 saturated carbocycles. The van der Waals surface area contributed by atoms with Crippen LogP contribution >= 0.6 is 0 Å². The maximum atomic E-state index is 11.8. The van der Waals surface area contributed by atoms with E-state index in [9.17, 15) is 4.79 Å². The van der Waals surface area contributed by atoms with Crippen LogP contribution in [0.25, 0.3) is 0 Å². The summed E-state index contributed by atoms with van der Waals surface area (Å²) in [6.07, 6.45) is 3.77. The van der Waals surface area contributed by atoms with Crippen LogP contribution in [0.1, 0.15) is 42.7 Å². The van der Waals surface area contributed by atoms with Gasteiger partial charge in [-0.2, -0.15) is 0 Å². The van der Waals surface area contributed by atoms with Crippen molar-refractivity contribution >= 4 is 5.91 Å². The normalized spacial score (nSPS) is 27.1. The maximum absolute atomic E-state index is 11.8. The Labute approximate surface area is 132 Å². The van der Waals surface area contributed by atoms with Crippen LogP contribution in [0.15, 0.2) is 24.3 Å². The standard InChI is InChI=1S/C18H26N2O2/c1-13-3-2-4-14(9-13)15-10-16(11-15)20-12-18(17(19)21)5-7-22-8-6-18/h2-4,9,15-16,20H,5-8,10-12H2,1H3,(H2,19,21). The van der Waals surface area contributed by atoms with Crippen molar-refractivity contribution in [1.29, 1.82) is 0 Å². The third-order valence-corrected chi connectivity index (χ3v) is 5.35. The second-order valence-electron chi connectivity index (χ2n) is 6.92. The van der Waals surface area contributed by atoms with Gasteiger partial charge in [0.1, 0.15) is 0 Å². The van der Waals surface area contributed by atoms with Gasteiger partial charge in [0, 0.05) is 25.8 Å². The predicted molar refractivity (Wildman–Crippen MR) is 86.6 cm³/mol. The van der Waals surface area contributed by atoms with Crippen molar-refractivity contribution in [3.63, 3.8) is 0 Å². The summed E-state index contributed by atoms with van der Waals surface area (Å²) in [6, 6.07) is 9.28. The molecular formula is C18H26N2O2. The highest BCUT2D eigenvalue weighted by atomic mass is 16.5. The van der Waals surface area contributed by atoms with Crippen LogP contribution in [0.4, 0.5) is 0 Å². The molecule has 0 bridgehead atoms. The molecule has 2 fully saturated rings. The lowest BCUT2D eigenvalue weighted by Crippen LogP contribution is -2.52. The van der Waals surface area contributed by atoms with Gasteiger partial charge in [-0.05, 0) is 44.1 Å². The molecule has 1 saturated heterocycles. The number of hydrogen-bond acceptors (Lipinski definition) is 3. The SMILES string of the molecule is Cc1cccc(C2CC(NCC3(C(N)=O)CCOCC3)C2)c1. The summed E-state index contributed by atoms with van der Waals surface area (Å²) < 4.78 is 5.37. The topological polar surface area (TPSA) is 64.3 Å². The molecule has 4 nitrogen and oxygen atoms in total. The van der Waals surface area contributed by atoms with Gasteiger partial charge >= 0.3 is 0 Å². The Kier molecular flexibility index (Phi) is 4.50. The molecule has 2 aliphatic rings. The minimum atomic E-state index is -0.410. The van der Waals surface area contributed by atoms with E-state index in [4.69, 9.17) is 10.5 Å². The highest BCUT2D eigenvalue weighted by Gasteiger charge is 2.40. The number of carbonyl (C=O) groups excluding carboxylic acids is 1. The van der Waals surface area contributed by atoms with E-state index in [0.29, 0.717) is 31.7 Å². The van der Waals surface area contributed by atoms with Gasteiger partial charge in [0.15, 0.2) is 0 Å². The number of amides is 1. The highest BCUT2D eigenvalue weighted by Crippen LogP contribution is 2.38. The zero-order valence-electron chi connectivity index (χ0n) is 13.3. The van der Waals surface area contributed by atoms with E-state index in [1.54, 1.807) is 0 Å². The van der Waals surface area contributed by atoms with E-state index < -0.39 is 5.41 Å². The Balaban J connectivity index is 1.50. The summed E-state index contributed by atoms with van der Waals surface area (Å²) in [7, 11) is 0. The molecule has 3 rings (SSSR count). The van der Waals surface area contributed by atoms with Crippen molar-refractivity contribution in [2.45, 2.75) is 44.6 Å². The van der Waals surface area contributed by atoms with E-state index in [0.717, 1.165) is 25.7 Å². The molecule has 120 valence electrons. The molecule has 0 atom stereocenters. The zero-order valence-corrected chi connectivity index (χ0v) is 13.3. The molecular weight excluding hydrogens is 276 g/mol. The molecule has 0 radical (unpaired) electrons. The average molecular weight is 302 g/mol. The van der Waals surface area contributed by atoms with Crippen LogP contribution in [0.3, 0.4) is 0 Å². The van der Waals surface area contributed by atoms with Crippen molar-refractivity contribution < 1.29 is 9.53 Å². The molecule has 1 amide bonds. The largest absolute Gasteiger partial charge is 0.381 e. The van der Waals surface area contributed by atoms with E-state index in [1.165, 1.54) is 11.1 Å². The van der Waals surface area contributed by atoms with Gasteiger partial charge in [0.2, 0.25) is 5.91 Å². The van der Waals surface area contributed by atoms with E-state index in [1.807, 2.05) is 0 Å². The third kappa shape index (κ3) is 3.18. The second kappa shape index (κ2) is 6.39. The van der Waals surface area contributed by atoms with Gasteiger partial charge in [-0.15, -0.1) is 0 Å². The van der Waals surface area contributed by atoms with Gasteiger partial charge in [-0.1, -0.05) is 29.8 Å². The number of nitrogens with two attached hydrogens (primary N) is 1. The number of hydrogen-bond donors (Lipinski definition) is 2. The number of primary amides is 1. The fourth-order valence-corrected chi connectivity index (χ4v) is 3.59. The molecule has 1 aliphatic carbocycles. The number of ether oxygens (including phenoxy) is 1. The van der Waals surface area contributed by atoms with Crippen LogP contribution in [0.5, 0.6) is 0 Å². The number of carbonyl (C=O) groups is 1. The summed E-state index contributed by atoms with van der Waals surface area (Å²) in [6.45, 7) is 4.11. The van der Waals surface area contributed by atoms with E-state index >= 15 is 0 Å². The number of nitrogens with one attached hydrogen (secondary N) is 1. The van der Waals surface area contributed by atoms with Crippen LogP contribution in [0, 0.1) is 12.3 Å². The van der Waals surface area contributed by atoms with Crippen molar-refractivity contribution in [3.05, 3.63) is 35.4 Å². The first-order valence-electron chi connectivity index (χ1n) is 8.27. The summed E-state index contributed by atoms with van der Waals surface area (Å²) in [5.74, 6) is 0.467. The number of benzene rings is 1. The molecule has 0 unspecified atom stereocenters. The predicted octanol–water partition coefficient (Wildman–Crippen LogP) is 2.11. The zero-order chi connectivity index (χ0) is 15.6. The maximum Gasteiger partial charge on any atom is 0.225 e. The molecule has 1 aromatic rings. The van der Waals surface area contributed by atoms with Crippen LogP contribution < -0.4 is 11.1 Å². The summed E-state index contributed by atoms with van der Waals surface area (Å²) in [4.78, 5) is 11.8. The monoisotopic (exact) mass is 302 g/mol. The quantitative estimate of drug-likeness (QED) is 0.875. The summed E-state index contributed by atoms with van der Waals surface area (Å²) in [5.41, 5.74) is 8.00. The smallest absolute Gasteiger partial charge is 0.225 e. The van der Waals surface area contributed by atoms with Gasteiger partial charge in [0.25, 0.3) is 0 Å². The lowest BCUT2D eigenvalue weighted by Gasteiger charge is -2.40. The number of aryl methyl sites for hydroxylation is 1. The van der Waals surface area contributed by atoms with Crippen molar-refractivity contribution in [1.82, 2.24) is 5.32 Å². The van der Waals surface area contributed by atoms with Crippen LogP contribution in [-0.4, -0.2) is 31.7 Å². The fourth-order valence-electron chi connectivity index (χ4n) is 3.59. The molecule has 22 heavy (non-hydrogen) atoms. The lowest BCUT2D eigenvalue weighted by atomic mass is 9.74. The van der Waals surface area contributed by atoms with Gasteiger partial charge < -0.3 is 15.8 Å². The Morgan fingerprint density at radius 1 is 1.36 bits per heavy atom. The minimum Gasteiger partial charge on any atom is -0.381 e. The van der Waals surface area contributed by atoms with Crippen LogP contribution in [-0.2, 0) is 9.53 Å². The first kappa shape index (κ1) is 15.5. The van der Waals surface area contributed by atoms with Crippen molar-refractivity contribution in [2.24, 2.45) is 11.1 Å². The third-order valence-electron chi connectivity index (χ3n) is 5.35. The average Bonchev–Trinajstić information content (AvgIpc) is 2.46. The molecule has 0 aromatic heterocycles. The van der Waals surface area contributed by atoms with Gasteiger partial charge in [0.05, 0.1) is 5.41 Å². The van der Waals surface area contributed by atoms with Crippen molar-refractivity contribution in [3.8, 4) is 0 Å². The van der Waals surface area contributed by atoms with Crippen LogP contribution in [0.2, 0.25) is 0 Å². The first-order valence-corrected chi connectivity index (χ1v) is 8.27. The Bertz CT molecular complexity index is 532. The van der Waals surface area contributed by atoms with E-state index in [-0.39, 0.29) is 5.91 Å². The van der Waals surface area contributed by atoms with E-state index in [2.05, 4.69) is 36.5 Å². The fraction of sp³-hybridized carbons (Fsp3) is 0.611. The number of rotatable bonds is 5. The Morgan fingerprint density at radius 2 is 2.09 bits per heavy atom. The molecule has 1 aliphatic heterocycles. The Morgan fingerprint density at radius 3 is 2.73 bits per heavy atom. The Hall–Kier alpha value is -1.39. The molecule has 1 heterocycles. The summed E-state index contributed by atoms with van der Waals surface area (Å²) in [5, 5.41) is 3.57. The van der Waals surface area contributed by atoms with Crippen molar-refractivity contribution in [2.75, 3.05) is 19.8 Å². The summed E-state index contributed by atoms with van der Waals surface area (Å²) >= 11 is 0. The molecule has 0 spiro atoms. The molecule has 3 N–H and O–H groups in total.